The van der Waals surface area contributed by atoms with Crippen LogP contribution in [0.3, 0.4) is 0 Å². The van der Waals surface area contributed by atoms with Crippen LogP contribution in [0.15, 0.2) is 92.3 Å². The van der Waals surface area contributed by atoms with Crippen molar-refractivity contribution < 1.29 is 28.9 Å². The molecular formula is C33H29BrN2O7S. The number of hydrogen-bond acceptors (Lipinski definition) is 8. The van der Waals surface area contributed by atoms with Crippen molar-refractivity contribution >= 4 is 45.3 Å². The van der Waals surface area contributed by atoms with Crippen molar-refractivity contribution in [3.05, 3.63) is 124 Å². The molecule has 1 N–H and O–H groups in total. The van der Waals surface area contributed by atoms with Crippen molar-refractivity contribution in [3.8, 4) is 11.5 Å². The Kier molecular flexibility index (Phi) is 9.17. The lowest BCUT2D eigenvalue weighted by atomic mass is 9.96. The van der Waals surface area contributed by atoms with Crippen molar-refractivity contribution in [3.63, 3.8) is 0 Å². The second kappa shape index (κ2) is 13.0. The number of carboxylic acid groups (broad SMARTS) is 1. The van der Waals surface area contributed by atoms with Gasteiger partial charge in [-0.25, -0.2) is 14.6 Å². The van der Waals surface area contributed by atoms with E-state index in [2.05, 4.69) is 20.9 Å². The van der Waals surface area contributed by atoms with Gasteiger partial charge in [-0.1, -0.05) is 41.7 Å². The van der Waals surface area contributed by atoms with Crippen molar-refractivity contribution in [2.45, 2.75) is 39.5 Å². The van der Waals surface area contributed by atoms with Gasteiger partial charge in [0.2, 0.25) is 0 Å². The molecule has 1 aliphatic rings. The Labute approximate surface area is 265 Å². The number of nitrogens with zero attached hydrogens (tertiary/aromatic N) is 2. The lowest BCUT2D eigenvalue weighted by Gasteiger charge is -2.25. The number of thiazole rings is 1. The molecule has 0 fully saturated rings. The van der Waals surface area contributed by atoms with Crippen molar-refractivity contribution in [1.82, 2.24) is 4.57 Å². The van der Waals surface area contributed by atoms with E-state index < -0.39 is 18.0 Å². The molecule has 3 aromatic carbocycles. The molecule has 44 heavy (non-hydrogen) atoms. The van der Waals surface area contributed by atoms with E-state index in [-0.39, 0.29) is 23.8 Å². The number of carbonyl (C=O) groups excluding carboxylic acids is 1. The lowest BCUT2D eigenvalue weighted by Crippen LogP contribution is -2.40. The summed E-state index contributed by atoms with van der Waals surface area (Å²) in [6.45, 7) is 5.56. The zero-order valence-corrected chi connectivity index (χ0v) is 26.8. The summed E-state index contributed by atoms with van der Waals surface area (Å²) < 4.78 is 19.5. The molecular weight excluding hydrogens is 648 g/mol. The Morgan fingerprint density at radius 3 is 2.41 bits per heavy atom. The average Bonchev–Trinajstić information content (AvgIpc) is 3.29. The monoisotopic (exact) mass is 676 g/mol. The quantitative estimate of drug-likeness (QED) is 0.241. The predicted molar refractivity (Wildman–Crippen MR) is 170 cm³/mol. The second-order valence-electron chi connectivity index (χ2n) is 10.3. The molecule has 11 heteroatoms. The number of rotatable bonds is 9. The smallest absolute Gasteiger partial charge is 0.338 e. The Hall–Kier alpha value is -4.48. The Bertz CT molecular complexity index is 1940. The molecule has 0 radical (unpaired) electrons. The minimum Gasteiger partial charge on any atom is -0.497 e. The number of hydrogen-bond donors (Lipinski definition) is 1. The predicted octanol–water partition coefficient (Wildman–Crippen LogP) is 5.24. The van der Waals surface area contributed by atoms with Gasteiger partial charge in [0.25, 0.3) is 5.56 Å². The summed E-state index contributed by atoms with van der Waals surface area (Å²) in [5, 5.41) is 9.08. The van der Waals surface area contributed by atoms with Gasteiger partial charge < -0.3 is 19.3 Å². The number of carboxylic acids is 1. The van der Waals surface area contributed by atoms with Crippen molar-refractivity contribution in [2.24, 2.45) is 4.99 Å². The van der Waals surface area contributed by atoms with Crippen LogP contribution in [0.2, 0.25) is 0 Å². The van der Waals surface area contributed by atoms with E-state index in [1.807, 2.05) is 24.3 Å². The molecule has 1 atom stereocenters. The summed E-state index contributed by atoms with van der Waals surface area (Å²) in [5.41, 5.74) is 3.04. The first-order chi connectivity index (χ1) is 21.0. The highest BCUT2D eigenvalue weighted by Crippen LogP contribution is 2.32. The fourth-order valence-corrected chi connectivity index (χ4v) is 6.30. The summed E-state index contributed by atoms with van der Waals surface area (Å²) in [4.78, 5) is 43.4. The fourth-order valence-electron chi connectivity index (χ4n) is 4.74. The van der Waals surface area contributed by atoms with Crippen LogP contribution in [0.25, 0.3) is 6.08 Å². The minimum absolute atomic E-state index is 0.210. The summed E-state index contributed by atoms with van der Waals surface area (Å²) >= 11 is 4.80. The molecule has 2 heterocycles. The van der Waals surface area contributed by atoms with E-state index in [1.54, 1.807) is 68.9 Å². The minimum atomic E-state index is -0.983. The number of esters is 1. The molecule has 1 aliphatic heterocycles. The number of fused-ring (bicyclic) bond motifs is 1. The molecule has 0 saturated carbocycles. The molecule has 0 bridgehead atoms. The van der Waals surface area contributed by atoms with Gasteiger partial charge in [-0.05, 0) is 95.9 Å². The molecule has 226 valence electrons. The molecule has 0 saturated heterocycles. The van der Waals surface area contributed by atoms with Crippen molar-refractivity contribution in [2.75, 3.05) is 7.11 Å². The van der Waals surface area contributed by atoms with E-state index >= 15 is 0 Å². The number of benzene rings is 3. The summed E-state index contributed by atoms with van der Waals surface area (Å²) in [5.74, 6) is -0.256. The summed E-state index contributed by atoms with van der Waals surface area (Å²) in [6.07, 6.45) is 1.44. The van der Waals surface area contributed by atoms with Gasteiger partial charge in [0.1, 0.15) is 18.1 Å². The molecule has 4 aromatic rings. The highest BCUT2D eigenvalue weighted by molar-refractivity contribution is 9.10. The maximum atomic E-state index is 13.9. The highest BCUT2D eigenvalue weighted by atomic mass is 79.9. The van der Waals surface area contributed by atoms with Crippen LogP contribution in [0.4, 0.5) is 0 Å². The number of carbonyl (C=O) groups is 2. The zero-order chi connectivity index (χ0) is 31.5. The Morgan fingerprint density at radius 1 is 1.09 bits per heavy atom. The normalized spacial score (nSPS) is 14.7. The van der Waals surface area contributed by atoms with Gasteiger partial charge in [0.05, 0.1) is 45.1 Å². The van der Waals surface area contributed by atoms with Crippen LogP contribution in [0.5, 0.6) is 11.5 Å². The number of allylic oxidation sites excluding steroid dienone is 1. The van der Waals surface area contributed by atoms with Gasteiger partial charge in [-0.15, -0.1) is 0 Å². The number of methoxy groups -OCH3 is 1. The van der Waals surface area contributed by atoms with E-state index in [9.17, 15) is 14.4 Å². The number of ether oxygens (including phenoxy) is 3. The number of aromatic nitrogens is 1. The lowest BCUT2D eigenvalue weighted by molar-refractivity contribution is -0.143. The summed E-state index contributed by atoms with van der Waals surface area (Å²) in [7, 11) is 1.58. The van der Waals surface area contributed by atoms with E-state index in [0.717, 1.165) is 16.7 Å². The average molecular weight is 678 g/mol. The molecule has 9 nitrogen and oxygen atoms in total. The SMILES string of the molecule is COc1ccc([C@@H]2C(C(=O)OC(C)C)=C(C)N=c3s/c(=C/c4ccc(OCc5ccc(C(=O)O)cc5)c(Br)c4)c(=O)n32)cc1. The van der Waals surface area contributed by atoms with Gasteiger partial charge >= 0.3 is 11.9 Å². The van der Waals surface area contributed by atoms with Gasteiger partial charge in [-0.2, -0.15) is 0 Å². The van der Waals surface area contributed by atoms with Crippen molar-refractivity contribution in [1.29, 1.82) is 0 Å². The van der Waals surface area contributed by atoms with Crippen LogP contribution in [-0.2, 0) is 16.1 Å². The highest BCUT2D eigenvalue weighted by Gasteiger charge is 2.33. The van der Waals surface area contributed by atoms with E-state index in [4.69, 9.17) is 19.3 Å². The van der Waals surface area contributed by atoms with Crippen LogP contribution >= 0.6 is 27.3 Å². The summed E-state index contributed by atoms with van der Waals surface area (Å²) in [6, 6.07) is 18.5. The maximum Gasteiger partial charge on any atom is 0.338 e. The third-order valence-corrected chi connectivity index (χ3v) is 8.47. The first kappa shape index (κ1) is 31.0. The van der Waals surface area contributed by atoms with Gasteiger partial charge in [-0.3, -0.25) is 9.36 Å². The van der Waals surface area contributed by atoms with Crippen LogP contribution in [-0.4, -0.2) is 34.8 Å². The molecule has 0 aliphatic carbocycles. The number of halogens is 1. The van der Waals surface area contributed by atoms with Crippen LogP contribution in [0, 0.1) is 0 Å². The Morgan fingerprint density at radius 2 is 1.80 bits per heavy atom. The van der Waals surface area contributed by atoms with Gasteiger partial charge in [0.15, 0.2) is 4.80 Å². The largest absolute Gasteiger partial charge is 0.497 e. The fraction of sp³-hybridized carbons (Fsp3) is 0.212. The molecule has 0 amide bonds. The molecule has 0 spiro atoms. The second-order valence-corrected chi connectivity index (χ2v) is 12.2. The van der Waals surface area contributed by atoms with Crippen LogP contribution < -0.4 is 24.4 Å². The first-order valence-electron chi connectivity index (χ1n) is 13.7. The standard InChI is InChI=1S/C33H29BrN2O7S/c1-18(2)43-32(40)28-19(3)35-33-36(29(28)22-10-12-24(41-4)13-11-22)30(37)27(44-33)16-21-7-14-26(25(34)15-21)42-17-20-5-8-23(9-6-20)31(38)39/h5-16,18,29H,17H2,1-4H3,(H,38,39)/b27-16+/t29-/m1/s1. The molecule has 1 aromatic heterocycles. The van der Waals surface area contributed by atoms with E-state index in [1.165, 1.54) is 23.5 Å². The maximum absolute atomic E-state index is 13.9. The Balaban J connectivity index is 1.48. The molecule has 5 rings (SSSR count). The van der Waals surface area contributed by atoms with Crippen LogP contribution in [0.1, 0.15) is 53.9 Å². The third-order valence-electron chi connectivity index (χ3n) is 6.86. The number of aromatic carboxylic acids is 1. The zero-order valence-electron chi connectivity index (χ0n) is 24.4. The van der Waals surface area contributed by atoms with E-state index in [0.29, 0.717) is 36.6 Å². The molecule has 0 unspecified atom stereocenters. The van der Waals surface area contributed by atoms with Gasteiger partial charge in [0, 0.05) is 0 Å². The third kappa shape index (κ3) is 6.53. The topological polar surface area (TPSA) is 116 Å². The first-order valence-corrected chi connectivity index (χ1v) is 15.3.